The van der Waals surface area contributed by atoms with E-state index in [4.69, 9.17) is 4.74 Å². The Morgan fingerprint density at radius 2 is 1.94 bits per heavy atom. The van der Waals surface area contributed by atoms with Gasteiger partial charge in [0.2, 0.25) is 0 Å². The van der Waals surface area contributed by atoms with Crippen LogP contribution in [0.25, 0.3) is 0 Å². The summed E-state index contributed by atoms with van der Waals surface area (Å²) in [5.41, 5.74) is 2.26. The average Bonchev–Trinajstić information content (AvgIpc) is 2.39. The van der Waals surface area contributed by atoms with Crippen molar-refractivity contribution in [3.05, 3.63) is 58.6 Å². The Kier molecular flexibility index (Phi) is 2.77. The molecule has 86 valence electrons. The fourth-order valence-corrected chi connectivity index (χ4v) is 2.33. The van der Waals surface area contributed by atoms with E-state index in [0.29, 0.717) is 0 Å². The topological polar surface area (TPSA) is 21.3 Å². The number of nitrogens with one attached hydrogen (secondary N) is 1. The SMILES string of the molecule is Brc1ccc2c(c1)OC(c1ccccc1)CN2. The van der Waals surface area contributed by atoms with E-state index in [9.17, 15) is 0 Å². The fraction of sp³-hybridized carbons (Fsp3) is 0.143. The van der Waals surface area contributed by atoms with Crippen molar-refractivity contribution >= 4 is 21.6 Å². The summed E-state index contributed by atoms with van der Waals surface area (Å²) < 4.78 is 7.04. The number of anilines is 1. The minimum atomic E-state index is 0.0815. The zero-order valence-corrected chi connectivity index (χ0v) is 10.8. The van der Waals surface area contributed by atoms with Crippen molar-refractivity contribution in [2.75, 3.05) is 11.9 Å². The fourth-order valence-electron chi connectivity index (χ4n) is 1.99. The highest BCUT2D eigenvalue weighted by atomic mass is 79.9. The molecule has 0 aromatic heterocycles. The predicted molar refractivity (Wildman–Crippen MR) is 72.4 cm³/mol. The Morgan fingerprint density at radius 1 is 1.12 bits per heavy atom. The molecule has 1 unspecified atom stereocenters. The van der Waals surface area contributed by atoms with Gasteiger partial charge in [-0.05, 0) is 23.8 Å². The van der Waals surface area contributed by atoms with E-state index < -0.39 is 0 Å². The van der Waals surface area contributed by atoms with Gasteiger partial charge in [0.15, 0.2) is 0 Å². The lowest BCUT2D eigenvalue weighted by Gasteiger charge is -2.27. The first kappa shape index (κ1) is 10.7. The van der Waals surface area contributed by atoms with Crippen LogP contribution in [0.3, 0.4) is 0 Å². The standard InChI is InChI=1S/C14H12BrNO/c15-11-6-7-12-13(8-11)17-14(9-16-12)10-4-2-1-3-5-10/h1-8,14,16H,9H2. The van der Waals surface area contributed by atoms with E-state index in [0.717, 1.165) is 22.5 Å². The molecule has 0 radical (unpaired) electrons. The van der Waals surface area contributed by atoms with Gasteiger partial charge in [0, 0.05) is 4.47 Å². The smallest absolute Gasteiger partial charge is 0.144 e. The minimum absolute atomic E-state index is 0.0815. The Balaban J connectivity index is 1.90. The first-order valence-electron chi connectivity index (χ1n) is 5.58. The summed E-state index contributed by atoms with van der Waals surface area (Å²) in [6.45, 7) is 0.804. The van der Waals surface area contributed by atoms with Gasteiger partial charge >= 0.3 is 0 Å². The number of fused-ring (bicyclic) bond motifs is 1. The third-order valence-electron chi connectivity index (χ3n) is 2.86. The van der Waals surface area contributed by atoms with Gasteiger partial charge in [-0.1, -0.05) is 46.3 Å². The van der Waals surface area contributed by atoms with Gasteiger partial charge in [-0.3, -0.25) is 0 Å². The largest absolute Gasteiger partial charge is 0.482 e. The van der Waals surface area contributed by atoms with Crippen LogP contribution in [0.4, 0.5) is 5.69 Å². The second-order valence-electron chi connectivity index (χ2n) is 4.04. The van der Waals surface area contributed by atoms with Crippen molar-refractivity contribution < 1.29 is 4.74 Å². The van der Waals surface area contributed by atoms with E-state index >= 15 is 0 Å². The molecule has 0 bridgehead atoms. The summed E-state index contributed by atoms with van der Waals surface area (Å²) in [5.74, 6) is 0.902. The molecule has 0 aliphatic carbocycles. The van der Waals surface area contributed by atoms with Crippen molar-refractivity contribution in [3.8, 4) is 5.75 Å². The van der Waals surface area contributed by atoms with Crippen LogP contribution in [0.1, 0.15) is 11.7 Å². The minimum Gasteiger partial charge on any atom is -0.482 e. The number of benzene rings is 2. The second-order valence-corrected chi connectivity index (χ2v) is 4.95. The van der Waals surface area contributed by atoms with Gasteiger partial charge in [0.25, 0.3) is 0 Å². The molecule has 0 saturated heterocycles. The van der Waals surface area contributed by atoms with E-state index in [1.54, 1.807) is 0 Å². The molecule has 2 aromatic carbocycles. The Morgan fingerprint density at radius 3 is 2.76 bits per heavy atom. The number of halogens is 1. The summed E-state index contributed by atoms with van der Waals surface area (Å²) >= 11 is 3.46. The van der Waals surface area contributed by atoms with Crippen molar-refractivity contribution in [1.82, 2.24) is 0 Å². The molecule has 0 fully saturated rings. The van der Waals surface area contributed by atoms with E-state index in [1.165, 1.54) is 5.56 Å². The average molecular weight is 290 g/mol. The predicted octanol–water partition coefficient (Wildman–Crippen LogP) is 3.99. The highest BCUT2D eigenvalue weighted by Crippen LogP contribution is 2.35. The first-order valence-corrected chi connectivity index (χ1v) is 6.37. The lowest BCUT2D eigenvalue weighted by molar-refractivity contribution is 0.210. The Labute approximate surface area is 109 Å². The molecule has 2 nitrogen and oxygen atoms in total. The molecule has 1 atom stereocenters. The molecule has 1 aliphatic rings. The molecule has 0 saturated carbocycles. The lowest BCUT2D eigenvalue weighted by Crippen LogP contribution is -2.23. The van der Waals surface area contributed by atoms with Gasteiger partial charge < -0.3 is 10.1 Å². The molecular formula is C14H12BrNO. The number of hydrogen-bond acceptors (Lipinski definition) is 2. The van der Waals surface area contributed by atoms with Gasteiger partial charge in [-0.15, -0.1) is 0 Å². The maximum atomic E-state index is 6.01. The van der Waals surface area contributed by atoms with Crippen LogP contribution in [0.15, 0.2) is 53.0 Å². The zero-order chi connectivity index (χ0) is 11.7. The van der Waals surface area contributed by atoms with Gasteiger partial charge in [-0.25, -0.2) is 0 Å². The molecule has 3 heteroatoms. The summed E-state index contributed by atoms with van der Waals surface area (Å²) in [5, 5.41) is 3.39. The molecule has 0 spiro atoms. The third kappa shape index (κ3) is 2.15. The molecule has 0 amide bonds. The van der Waals surface area contributed by atoms with Crippen LogP contribution in [-0.2, 0) is 0 Å². The van der Waals surface area contributed by atoms with Gasteiger partial charge in [0.05, 0.1) is 12.2 Å². The molecular weight excluding hydrogens is 278 g/mol. The molecule has 1 aliphatic heterocycles. The van der Waals surface area contributed by atoms with E-state index in [1.807, 2.05) is 36.4 Å². The van der Waals surface area contributed by atoms with Crippen molar-refractivity contribution in [2.45, 2.75) is 6.10 Å². The monoisotopic (exact) mass is 289 g/mol. The van der Waals surface area contributed by atoms with Crippen molar-refractivity contribution in [2.24, 2.45) is 0 Å². The van der Waals surface area contributed by atoms with E-state index in [-0.39, 0.29) is 6.10 Å². The van der Waals surface area contributed by atoms with Gasteiger partial charge in [-0.2, -0.15) is 0 Å². The Bertz CT molecular complexity index is 527. The number of rotatable bonds is 1. The molecule has 3 rings (SSSR count). The van der Waals surface area contributed by atoms with Crippen LogP contribution in [-0.4, -0.2) is 6.54 Å². The normalized spacial score (nSPS) is 17.8. The summed E-state index contributed by atoms with van der Waals surface area (Å²) in [7, 11) is 0. The summed E-state index contributed by atoms with van der Waals surface area (Å²) in [6.07, 6.45) is 0.0815. The molecule has 2 aromatic rings. The molecule has 1 N–H and O–H groups in total. The third-order valence-corrected chi connectivity index (χ3v) is 3.36. The quantitative estimate of drug-likeness (QED) is 0.857. The summed E-state index contributed by atoms with van der Waals surface area (Å²) in [6, 6.07) is 16.3. The zero-order valence-electron chi connectivity index (χ0n) is 9.19. The highest BCUT2D eigenvalue weighted by Gasteiger charge is 2.20. The van der Waals surface area contributed by atoms with Gasteiger partial charge in [0.1, 0.15) is 11.9 Å². The Hall–Kier alpha value is -1.48. The molecule has 1 heterocycles. The van der Waals surface area contributed by atoms with Crippen molar-refractivity contribution in [3.63, 3.8) is 0 Å². The maximum absolute atomic E-state index is 6.01. The van der Waals surface area contributed by atoms with Crippen LogP contribution >= 0.6 is 15.9 Å². The van der Waals surface area contributed by atoms with E-state index in [2.05, 4.69) is 33.4 Å². The molecule has 17 heavy (non-hydrogen) atoms. The summed E-state index contributed by atoms with van der Waals surface area (Å²) in [4.78, 5) is 0. The maximum Gasteiger partial charge on any atom is 0.144 e. The first-order chi connectivity index (χ1) is 8.33. The van der Waals surface area contributed by atoms with Crippen LogP contribution in [0.2, 0.25) is 0 Å². The number of hydrogen-bond donors (Lipinski definition) is 1. The van der Waals surface area contributed by atoms with Crippen LogP contribution < -0.4 is 10.1 Å². The number of ether oxygens (including phenoxy) is 1. The van der Waals surface area contributed by atoms with Crippen molar-refractivity contribution in [1.29, 1.82) is 0 Å². The highest BCUT2D eigenvalue weighted by molar-refractivity contribution is 9.10. The lowest BCUT2D eigenvalue weighted by atomic mass is 10.1. The van der Waals surface area contributed by atoms with Crippen LogP contribution in [0.5, 0.6) is 5.75 Å². The van der Waals surface area contributed by atoms with Crippen LogP contribution in [0, 0.1) is 0 Å². The second kappa shape index (κ2) is 4.41.